The van der Waals surface area contributed by atoms with E-state index >= 15 is 0 Å². The van der Waals surface area contributed by atoms with Crippen molar-refractivity contribution in [2.45, 2.75) is 38.2 Å². The molecule has 5 heteroatoms. The third-order valence-electron chi connectivity index (χ3n) is 6.00. The molecule has 0 aliphatic carbocycles. The molecule has 0 amide bonds. The van der Waals surface area contributed by atoms with Gasteiger partial charge in [0, 0.05) is 17.1 Å². The molecule has 1 spiro atoms. The number of nitrogens with zero attached hydrogens (tertiary/aromatic N) is 1. The molecule has 2 aliphatic heterocycles. The average Bonchev–Trinajstić information content (AvgIpc) is 2.68. The molecule has 1 fully saturated rings. The summed E-state index contributed by atoms with van der Waals surface area (Å²) in [5.74, 6) is 1.08. The first kappa shape index (κ1) is 20.9. The number of rotatable bonds is 1. The highest BCUT2D eigenvalue weighted by atomic mass is 35.5. The molecule has 0 radical (unpaired) electrons. The van der Waals surface area contributed by atoms with Crippen LogP contribution in [0.2, 0.25) is 0 Å². The molecule has 5 rings (SSSR count). The second-order valence-electron chi connectivity index (χ2n) is 7.73. The Morgan fingerprint density at radius 3 is 2.61 bits per heavy atom. The van der Waals surface area contributed by atoms with Crippen LogP contribution >= 0.6 is 24.8 Å². The molecule has 3 nitrogen and oxygen atoms in total. The fraction of sp³-hybridized carbons (Fsp3) is 0.348. The fourth-order valence-electron chi connectivity index (χ4n) is 4.41. The maximum atomic E-state index is 6.48. The number of halogens is 2. The molecule has 0 unspecified atom stereocenters. The van der Waals surface area contributed by atoms with Crippen LogP contribution in [0.3, 0.4) is 0 Å². The van der Waals surface area contributed by atoms with Crippen molar-refractivity contribution < 1.29 is 4.74 Å². The first-order valence-corrected chi connectivity index (χ1v) is 9.61. The van der Waals surface area contributed by atoms with Crippen LogP contribution in [0.5, 0.6) is 5.75 Å². The molecule has 1 saturated heterocycles. The number of aryl methyl sites for hydroxylation is 2. The highest BCUT2D eigenvalue weighted by molar-refractivity contribution is 5.86. The smallest absolute Gasteiger partial charge is 0.123 e. The SMILES string of the molecule is Cc1cccc2cc(-c3ccc4c(c3)CCC3(CCNCC3)O4)cnc12.Cl.Cl. The second-order valence-corrected chi connectivity index (χ2v) is 7.73. The zero-order chi connectivity index (χ0) is 17.6. The highest BCUT2D eigenvalue weighted by Gasteiger charge is 2.37. The molecule has 148 valence electrons. The van der Waals surface area contributed by atoms with Gasteiger partial charge in [-0.1, -0.05) is 24.3 Å². The Labute approximate surface area is 178 Å². The van der Waals surface area contributed by atoms with Crippen LogP contribution in [0.1, 0.15) is 30.4 Å². The van der Waals surface area contributed by atoms with Gasteiger partial charge in [-0.05, 0) is 80.6 Å². The maximum Gasteiger partial charge on any atom is 0.123 e. The summed E-state index contributed by atoms with van der Waals surface area (Å²) < 4.78 is 6.48. The summed E-state index contributed by atoms with van der Waals surface area (Å²) in [5.41, 5.74) is 6.10. The van der Waals surface area contributed by atoms with Gasteiger partial charge in [0.15, 0.2) is 0 Å². The second kappa shape index (κ2) is 8.28. The number of benzene rings is 2. The van der Waals surface area contributed by atoms with Crippen molar-refractivity contribution in [1.29, 1.82) is 0 Å². The molecule has 1 aromatic heterocycles. The number of hydrogen-bond acceptors (Lipinski definition) is 3. The van der Waals surface area contributed by atoms with Crippen molar-refractivity contribution >= 4 is 35.7 Å². The first-order chi connectivity index (χ1) is 12.7. The van der Waals surface area contributed by atoms with Gasteiger partial charge in [-0.15, -0.1) is 24.8 Å². The molecular weight excluding hydrogens is 391 g/mol. The van der Waals surface area contributed by atoms with Gasteiger partial charge in [0.2, 0.25) is 0 Å². The largest absolute Gasteiger partial charge is 0.487 e. The van der Waals surface area contributed by atoms with Gasteiger partial charge in [0.25, 0.3) is 0 Å². The summed E-state index contributed by atoms with van der Waals surface area (Å²) in [4.78, 5) is 4.70. The van der Waals surface area contributed by atoms with Gasteiger partial charge < -0.3 is 10.1 Å². The van der Waals surface area contributed by atoms with Crippen LogP contribution in [0.15, 0.2) is 48.7 Å². The van der Waals surface area contributed by atoms with Crippen LogP contribution in [0.4, 0.5) is 0 Å². The molecule has 0 bridgehead atoms. The van der Waals surface area contributed by atoms with E-state index in [-0.39, 0.29) is 30.4 Å². The van der Waals surface area contributed by atoms with Crippen molar-refractivity contribution in [2.24, 2.45) is 0 Å². The monoisotopic (exact) mass is 416 g/mol. The number of para-hydroxylation sites is 1. The summed E-state index contributed by atoms with van der Waals surface area (Å²) in [7, 11) is 0. The van der Waals surface area contributed by atoms with Crippen LogP contribution in [0.25, 0.3) is 22.0 Å². The zero-order valence-corrected chi connectivity index (χ0v) is 17.7. The van der Waals surface area contributed by atoms with E-state index in [0.717, 1.165) is 50.0 Å². The molecule has 1 N–H and O–H groups in total. The molecule has 3 heterocycles. The van der Waals surface area contributed by atoms with Gasteiger partial charge >= 0.3 is 0 Å². The van der Waals surface area contributed by atoms with E-state index in [4.69, 9.17) is 9.72 Å². The van der Waals surface area contributed by atoms with Crippen molar-refractivity contribution in [3.63, 3.8) is 0 Å². The van der Waals surface area contributed by atoms with Gasteiger partial charge in [0.05, 0.1) is 5.52 Å². The lowest BCUT2D eigenvalue weighted by Crippen LogP contribution is -2.48. The predicted octanol–water partition coefficient (Wildman–Crippen LogP) is 5.50. The number of ether oxygens (including phenoxy) is 1. The Hall–Kier alpha value is -1.81. The summed E-state index contributed by atoms with van der Waals surface area (Å²) in [6, 6.07) is 15.2. The number of pyridine rings is 1. The lowest BCUT2D eigenvalue weighted by Gasteiger charge is -2.41. The minimum Gasteiger partial charge on any atom is -0.487 e. The Bertz CT molecular complexity index is 983. The number of piperidine rings is 1. The average molecular weight is 417 g/mol. The lowest BCUT2D eigenvalue weighted by atomic mass is 9.83. The Morgan fingerprint density at radius 2 is 1.79 bits per heavy atom. The van der Waals surface area contributed by atoms with E-state index in [2.05, 4.69) is 54.7 Å². The molecule has 2 aliphatic rings. The topological polar surface area (TPSA) is 34.1 Å². The summed E-state index contributed by atoms with van der Waals surface area (Å²) >= 11 is 0. The number of fused-ring (bicyclic) bond motifs is 2. The fourth-order valence-corrected chi connectivity index (χ4v) is 4.41. The standard InChI is InChI=1S/C23H24N2O.2ClH/c1-16-3-2-4-19-14-20(15-25-22(16)19)17-5-6-21-18(13-17)7-8-23(26-21)9-11-24-12-10-23;;/h2-6,13-15,24H,7-12H2,1H3;2*1H. The normalized spacial score (nSPS) is 17.2. The summed E-state index contributed by atoms with van der Waals surface area (Å²) in [5, 5.41) is 4.64. The van der Waals surface area contributed by atoms with E-state index in [0.29, 0.717) is 0 Å². The third kappa shape index (κ3) is 3.71. The van der Waals surface area contributed by atoms with E-state index in [1.54, 1.807) is 0 Å². The minimum absolute atomic E-state index is 0. The third-order valence-corrected chi connectivity index (χ3v) is 6.00. The van der Waals surface area contributed by atoms with E-state index < -0.39 is 0 Å². The maximum absolute atomic E-state index is 6.48. The van der Waals surface area contributed by atoms with Crippen molar-refractivity contribution in [3.8, 4) is 16.9 Å². The lowest BCUT2D eigenvalue weighted by molar-refractivity contribution is 0.0170. The number of nitrogens with one attached hydrogen (secondary N) is 1. The molecular formula is C23H26Cl2N2O. The quantitative estimate of drug-likeness (QED) is 0.568. The van der Waals surface area contributed by atoms with Crippen molar-refractivity contribution in [3.05, 3.63) is 59.8 Å². The zero-order valence-electron chi connectivity index (χ0n) is 16.0. The number of aromatic nitrogens is 1. The van der Waals surface area contributed by atoms with E-state index in [1.165, 1.54) is 27.6 Å². The van der Waals surface area contributed by atoms with E-state index in [1.807, 2.05) is 6.20 Å². The summed E-state index contributed by atoms with van der Waals surface area (Å²) in [6.07, 6.45) is 6.45. The van der Waals surface area contributed by atoms with Crippen LogP contribution in [0, 0.1) is 6.92 Å². The van der Waals surface area contributed by atoms with Crippen LogP contribution in [-0.2, 0) is 6.42 Å². The molecule has 0 atom stereocenters. The minimum atomic E-state index is 0. The molecule has 2 aromatic carbocycles. The van der Waals surface area contributed by atoms with Crippen molar-refractivity contribution in [2.75, 3.05) is 13.1 Å². The van der Waals surface area contributed by atoms with Gasteiger partial charge in [-0.3, -0.25) is 4.98 Å². The molecule has 28 heavy (non-hydrogen) atoms. The first-order valence-electron chi connectivity index (χ1n) is 9.61. The van der Waals surface area contributed by atoms with Crippen molar-refractivity contribution in [1.82, 2.24) is 10.3 Å². The Morgan fingerprint density at radius 1 is 0.964 bits per heavy atom. The van der Waals surface area contributed by atoms with E-state index in [9.17, 15) is 0 Å². The molecule has 0 saturated carbocycles. The van der Waals surface area contributed by atoms with Gasteiger partial charge in [-0.2, -0.15) is 0 Å². The molecule has 3 aromatic rings. The number of hydrogen-bond donors (Lipinski definition) is 1. The van der Waals surface area contributed by atoms with Crippen LogP contribution in [-0.4, -0.2) is 23.7 Å². The Balaban J connectivity index is 0.00000112. The van der Waals surface area contributed by atoms with Gasteiger partial charge in [-0.25, -0.2) is 0 Å². The van der Waals surface area contributed by atoms with Crippen LogP contribution < -0.4 is 10.1 Å². The highest BCUT2D eigenvalue weighted by Crippen LogP contribution is 2.39. The van der Waals surface area contributed by atoms with Gasteiger partial charge in [0.1, 0.15) is 11.4 Å². The Kier molecular flexibility index (Phi) is 6.18. The predicted molar refractivity (Wildman–Crippen MR) is 120 cm³/mol. The summed E-state index contributed by atoms with van der Waals surface area (Å²) in [6.45, 7) is 4.24.